The van der Waals surface area contributed by atoms with Gasteiger partial charge in [-0.25, -0.2) is 0 Å². The van der Waals surface area contributed by atoms with Gasteiger partial charge in [0.15, 0.2) is 0 Å². The Morgan fingerprint density at radius 2 is 1.69 bits per heavy atom. The molecule has 2 N–H and O–H groups in total. The molecule has 1 unspecified atom stereocenters. The van der Waals surface area contributed by atoms with Crippen LogP contribution in [-0.4, -0.2) is 18.2 Å². The summed E-state index contributed by atoms with van der Waals surface area (Å²) >= 11 is 0. The summed E-state index contributed by atoms with van der Waals surface area (Å²) in [6, 6.07) is 0. The molecule has 3 aliphatic rings. The van der Waals surface area contributed by atoms with Gasteiger partial charge in [-0.3, -0.25) is 0 Å². The molecular weight excluding hydrogens is 162 g/mol. The van der Waals surface area contributed by atoms with Gasteiger partial charge in [0.05, 0.1) is 11.7 Å². The fourth-order valence-electron chi connectivity index (χ4n) is 3.06. The second-order valence-electron chi connectivity index (χ2n) is 5.02. The molecular formula is C11H19NO. The van der Waals surface area contributed by atoms with E-state index in [4.69, 9.17) is 10.5 Å². The van der Waals surface area contributed by atoms with Gasteiger partial charge in [0.25, 0.3) is 0 Å². The summed E-state index contributed by atoms with van der Waals surface area (Å²) in [7, 11) is 0. The van der Waals surface area contributed by atoms with E-state index in [0.717, 1.165) is 18.4 Å². The van der Waals surface area contributed by atoms with Crippen LogP contribution in [0.5, 0.6) is 0 Å². The Balaban J connectivity index is 1.76. The summed E-state index contributed by atoms with van der Waals surface area (Å²) in [4.78, 5) is 0. The zero-order chi connectivity index (χ0) is 8.89. The lowest BCUT2D eigenvalue weighted by molar-refractivity contribution is -0.0685. The first kappa shape index (κ1) is 8.25. The van der Waals surface area contributed by atoms with Gasteiger partial charge in [-0.2, -0.15) is 0 Å². The Hall–Kier alpha value is -0.0800. The molecule has 2 nitrogen and oxygen atoms in total. The molecule has 3 rings (SSSR count). The van der Waals surface area contributed by atoms with Crippen LogP contribution < -0.4 is 5.73 Å². The number of rotatable bonds is 3. The normalized spacial score (nSPS) is 38.1. The molecule has 0 aromatic heterocycles. The molecule has 0 amide bonds. The van der Waals surface area contributed by atoms with Gasteiger partial charge in [-0.05, 0) is 50.4 Å². The van der Waals surface area contributed by atoms with Crippen LogP contribution in [0.2, 0.25) is 0 Å². The van der Waals surface area contributed by atoms with E-state index in [1.54, 1.807) is 0 Å². The van der Waals surface area contributed by atoms with Gasteiger partial charge in [-0.15, -0.1) is 0 Å². The Kier molecular flexibility index (Phi) is 1.72. The van der Waals surface area contributed by atoms with Crippen LogP contribution in [0.4, 0.5) is 0 Å². The summed E-state index contributed by atoms with van der Waals surface area (Å²) in [5.41, 5.74) is 5.98. The van der Waals surface area contributed by atoms with E-state index in [0.29, 0.717) is 11.7 Å². The maximum Gasteiger partial charge on any atom is 0.0743 e. The molecule has 13 heavy (non-hydrogen) atoms. The molecule has 1 aliphatic heterocycles. The first-order valence-electron chi connectivity index (χ1n) is 5.73. The van der Waals surface area contributed by atoms with Gasteiger partial charge in [0, 0.05) is 6.54 Å². The van der Waals surface area contributed by atoms with Crippen molar-refractivity contribution in [1.82, 2.24) is 0 Å². The summed E-state index contributed by atoms with van der Waals surface area (Å²) < 4.78 is 6.22. The first-order chi connectivity index (χ1) is 6.35. The van der Waals surface area contributed by atoms with Gasteiger partial charge < -0.3 is 10.5 Å². The lowest BCUT2D eigenvalue weighted by atomic mass is 9.88. The highest BCUT2D eigenvalue weighted by Gasteiger charge is 2.58. The van der Waals surface area contributed by atoms with Gasteiger partial charge >= 0.3 is 0 Å². The molecule has 0 bridgehead atoms. The van der Waals surface area contributed by atoms with Crippen molar-refractivity contribution in [3.63, 3.8) is 0 Å². The molecule has 2 heteroatoms. The summed E-state index contributed by atoms with van der Waals surface area (Å²) in [6.45, 7) is 0.723. The van der Waals surface area contributed by atoms with Crippen molar-refractivity contribution in [2.45, 2.75) is 50.2 Å². The van der Waals surface area contributed by atoms with Crippen molar-refractivity contribution >= 4 is 0 Å². The molecule has 0 aromatic carbocycles. The number of hydrogen-bond acceptors (Lipinski definition) is 2. The van der Waals surface area contributed by atoms with Crippen LogP contribution >= 0.6 is 0 Å². The maximum absolute atomic E-state index is 6.22. The smallest absolute Gasteiger partial charge is 0.0743 e. The van der Waals surface area contributed by atoms with Crippen molar-refractivity contribution in [2.75, 3.05) is 6.54 Å². The Bertz CT molecular complexity index is 196. The summed E-state index contributed by atoms with van der Waals surface area (Å²) in [5.74, 6) is 1.80. The quantitative estimate of drug-likeness (QED) is 0.719. The summed E-state index contributed by atoms with van der Waals surface area (Å²) in [5, 5.41) is 0. The average Bonchev–Trinajstić information content (AvgIpc) is 3.02. The van der Waals surface area contributed by atoms with E-state index in [-0.39, 0.29) is 0 Å². The minimum absolute atomic E-state index is 0.310. The third-order valence-electron chi connectivity index (χ3n) is 4.04. The number of nitrogens with two attached hydrogens (primary N) is 1. The highest BCUT2D eigenvalue weighted by Crippen LogP contribution is 2.59. The van der Waals surface area contributed by atoms with E-state index < -0.39 is 0 Å². The monoisotopic (exact) mass is 181 g/mol. The predicted octanol–water partition coefficient (Wildman–Crippen LogP) is 1.68. The molecule has 0 radical (unpaired) electrons. The minimum atomic E-state index is 0.310. The fourth-order valence-corrected chi connectivity index (χ4v) is 3.06. The Morgan fingerprint density at radius 1 is 1.08 bits per heavy atom. The highest BCUT2D eigenvalue weighted by atomic mass is 16.5. The third-order valence-corrected chi connectivity index (χ3v) is 4.04. The van der Waals surface area contributed by atoms with Crippen molar-refractivity contribution in [3.8, 4) is 0 Å². The van der Waals surface area contributed by atoms with Crippen LogP contribution in [-0.2, 0) is 4.74 Å². The van der Waals surface area contributed by atoms with Gasteiger partial charge in [0.2, 0.25) is 0 Å². The van der Waals surface area contributed by atoms with Crippen LogP contribution in [0.1, 0.15) is 38.5 Å². The van der Waals surface area contributed by atoms with Crippen molar-refractivity contribution in [2.24, 2.45) is 17.6 Å². The van der Waals surface area contributed by atoms with Crippen LogP contribution in [0.25, 0.3) is 0 Å². The molecule has 2 saturated carbocycles. The van der Waals surface area contributed by atoms with Crippen molar-refractivity contribution in [3.05, 3.63) is 0 Å². The lowest BCUT2D eigenvalue weighted by Gasteiger charge is -2.29. The predicted molar refractivity (Wildman–Crippen MR) is 51.3 cm³/mol. The van der Waals surface area contributed by atoms with E-state index >= 15 is 0 Å². The molecule has 2 aliphatic carbocycles. The van der Waals surface area contributed by atoms with Crippen LogP contribution in [0.15, 0.2) is 0 Å². The van der Waals surface area contributed by atoms with Crippen molar-refractivity contribution in [1.29, 1.82) is 0 Å². The number of ether oxygens (including phenoxy) is 1. The molecule has 74 valence electrons. The molecule has 1 saturated heterocycles. The van der Waals surface area contributed by atoms with E-state index in [9.17, 15) is 0 Å². The Labute approximate surface area is 79.8 Å². The molecule has 3 fully saturated rings. The van der Waals surface area contributed by atoms with E-state index in [2.05, 4.69) is 0 Å². The topological polar surface area (TPSA) is 35.2 Å². The van der Waals surface area contributed by atoms with E-state index in [1.165, 1.54) is 38.5 Å². The minimum Gasteiger partial charge on any atom is -0.370 e. The molecule has 1 heterocycles. The lowest BCUT2D eigenvalue weighted by Crippen LogP contribution is -2.35. The fraction of sp³-hybridized carbons (Fsp3) is 1.00. The van der Waals surface area contributed by atoms with Crippen molar-refractivity contribution < 1.29 is 4.74 Å². The molecule has 1 atom stereocenters. The second-order valence-corrected chi connectivity index (χ2v) is 5.02. The molecule has 0 aromatic rings. The van der Waals surface area contributed by atoms with E-state index in [1.807, 2.05) is 0 Å². The van der Waals surface area contributed by atoms with Crippen LogP contribution in [0.3, 0.4) is 0 Å². The standard InChI is InChI=1S/C11H19NO/c12-7-10-5-6-11(13-10,8-1-2-8)9-3-4-9/h8-10H,1-7,12H2. The van der Waals surface area contributed by atoms with Gasteiger partial charge in [-0.1, -0.05) is 0 Å². The average molecular weight is 181 g/mol. The second kappa shape index (κ2) is 2.71. The largest absolute Gasteiger partial charge is 0.370 e. The SMILES string of the molecule is NCC1CCC(C2CC2)(C2CC2)O1. The maximum atomic E-state index is 6.22. The number of hydrogen-bond donors (Lipinski definition) is 1. The van der Waals surface area contributed by atoms with Crippen LogP contribution in [0, 0.1) is 11.8 Å². The van der Waals surface area contributed by atoms with Gasteiger partial charge in [0.1, 0.15) is 0 Å². The zero-order valence-electron chi connectivity index (χ0n) is 8.17. The third kappa shape index (κ3) is 1.23. The Morgan fingerprint density at radius 3 is 2.08 bits per heavy atom. The molecule has 0 spiro atoms. The first-order valence-corrected chi connectivity index (χ1v) is 5.73. The highest BCUT2D eigenvalue weighted by molar-refractivity contribution is 5.08. The summed E-state index contributed by atoms with van der Waals surface area (Å²) in [6.07, 6.45) is 8.53. The zero-order valence-corrected chi connectivity index (χ0v) is 8.17.